The van der Waals surface area contributed by atoms with Crippen LogP contribution in [-0.2, 0) is 9.59 Å². The molecule has 1 unspecified atom stereocenters. The van der Waals surface area contributed by atoms with Gasteiger partial charge in [-0.2, -0.15) is 0 Å². The fourth-order valence-electron chi connectivity index (χ4n) is 2.88. The minimum Gasteiger partial charge on any atom is -0.481 e. The second kappa shape index (κ2) is 5.30. The van der Waals surface area contributed by atoms with Crippen molar-refractivity contribution in [2.24, 2.45) is 11.1 Å². The molecule has 0 aliphatic carbocycles. The van der Waals surface area contributed by atoms with E-state index in [0.29, 0.717) is 38.9 Å². The summed E-state index contributed by atoms with van der Waals surface area (Å²) in [6, 6.07) is -0.714. The lowest BCUT2D eigenvalue weighted by molar-refractivity contribution is -0.150. The van der Waals surface area contributed by atoms with Gasteiger partial charge >= 0.3 is 12.0 Å². The highest BCUT2D eigenvalue weighted by molar-refractivity contribution is 5.86. The monoisotopic (exact) mass is 283 g/mol. The number of nitrogens with zero attached hydrogens (tertiary/aromatic N) is 2. The highest BCUT2D eigenvalue weighted by atomic mass is 16.4. The summed E-state index contributed by atoms with van der Waals surface area (Å²) in [5.41, 5.74) is 4.55. The second-order valence-corrected chi connectivity index (χ2v) is 5.89. The maximum atomic E-state index is 12.4. The molecule has 0 saturated carbocycles. The standard InChI is InChI=1S/C13H21N3O4/c1-13(11(18)19)4-7-15(8-5-13)12(20)16-6-2-3-9(16)10(14)17/h9H,2-8H2,1H3,(H2,14,17)(H,18,19). The van der Waals surface area contributed by atoms with E-state index in [1.165, 1.54) is 4.90 Å². The Morgan fingerprint density at radius 3 is 2.30 bits per heavy atom. The van der Waals surface area contributed by atoms with Gasteiger partial charge in [-0.1, -0.05) is 0 Å². The maximum absolute atomic E-state index is 12.4. The normalized spacial score (nSPS) is 25.6. The van der Waals surface area contributed by atoms with E-state index in [1.54, 1.807) is 11.8 Å². The van der Waals surface area contributed by atoms with Crippen molar-refractivity contribution >= 4 is 17.9 Å². The van der Waals surface area contributed by atoms with Gasteiger partial charge < -0.3 is 20.6 Å². The summed E-state index contributed by atoms with van der Waals surface area (Å²) in [5, 5.41) is 9.17. The average molecular weight is 283 g/mol. The number of aliphatic carboxylic acids is 1. The fourth-order valence-corrected chi connectivity index (χ4v) is 2.88. The van der Waals surface area contributed by atoms with Gasteiger partial charge in [-0.25, -0.2) is 4.79 Å². The Bertz CT molecular complexity index is 429. The summed E-state index contributed by atoms with van der Waals surface area (Å²) in [5.74, 6) is -1.29. The highest BCUT2D eigenvalue weighted by Gasteiger charge is 2.41. The molecule has 0 aromatic rings. The smallest absolute Gasteiger partial charge is 0.320 e. The SMILES string of the molecule is CC1(C(=O)O)CCN(C(=O)N2CCCC2C(N)=O)CC1. The molecule has 0 aromatic carbocycles. The molecule has 3 amide bonds. The molecule has 3 N–H and O–H groups in total. The Morgan fingerprint density at radius 1 is 1.20 bits per heavy atom. The van der Waals surface area contributed by atoms with Gasteiger partial charge in [-0.15, -0.1) is 0 Å². The van der Waals surface area contributed by atoms with Crippen LogP contribution in [0.4, 0.5) is 4.79 Å². The first-order chi connectivity index (χ1) is 9.35. The van der Waals surface area contributed by atoms with Crippen molar-refractivity contribution in [3.63, 3.8) is 0 Å². The number of amides is 3. The summed E-state index contributed by atoms with van der Waals surface area (Å²) in [6.45, 7) is 3.06. The predicted molar refractivity (Wildman–Crippen MR) is 70.9 cm³/mol. The first-order valence-electron chi connectivity index (χ1n) is 6.93. The Kier molecular flexibility index (Phi) is 3.87. The lowest BCUT2D eigenvalue weighted by atomic mass is 9.80. The number of carbonyl (C=O) groups excluding carboxylic acids is 2. The van der Waals surface area contributed by atoms with Crippen LogP contribution in [-0.4, -0.2) is 58.5 Å². The van der Waals surface area contributed by atoms with E-state index >= 15 is 0 Å². The topological polar surface area (TPSA) is 104 Å². The van der Waals surface area contributed by atoms with E-state index in [0.717, 1.165) is 6.42 Å². The Hall–Kier alpha value is -1.79. The Morgan fingerprint density at radius 2 is 1.80 bits per heavy atom. The van der Waals surface area contributed by atoms with Crippen LogP contribution >= 0.6 is 0 Å². The lowest BCUT2D eigenvalue weighted by Gasteiger charge is -2.38. The van der Waals surface area contributed by atoms with E-state index in [1.807, 2.05) is 0 Å². The third kappa shape index (κ3) is 2.57. The van der Waals surface area contributed by atoms with Gasteiger partial charge in [0.15, 0.2) is 0 Å². The highest BCUT2D eigenvalue weighted by Crippen LogP contribution is 2.32. The molecule has 7 nitrogen and oxygen atoms in total. The largest absolute Gasteiger partial charge is 0.481 e. The van der Waals surface area contributed by atoms with E-state index in [2.05, 4.69) is 0 Å². The molecule has 2 rings (SSSR count). The first kappa shape index (κ1) is 14.6. The molecule has 2 saturated heterocycles. The van der Waals surface area contributed by atoms with Crippen LogP contribution in [0.15, 0.2) is 0 Å². The van der Waals surface area contributed by atoms with Gasteiger partial charge in [0.05, 0.1) is 5.41 Å². The van der Waals surface area contributed by atoms with Crippen molar-refractivity contribution in [1.29, 1.82) is 0 Å². The molecule has 0 spiro atoms. The summed E-state index contributed by atoms with van der Waals surface area (Å²) >= 11 is 0. The number of primary amides is 1. The fraction of sp³-hybridized carbons (Fsp3) is 0.769. The number of piperidine rings is 1. The Balaban J connectivity index is 1.98. The summed E-state index contributed by atoms with van der Waals surface area (Å²) in [7, 11) is 0. The minimum absolute atomic E-state index is 0.196. The van der Waals surface area contributed by atoms with Crippen molar-refractivity contribution < 1.29 is 19.5 Å². The van der Waals surface area contributed by atoms with Gasteiger partial charge in [0.25, 0.3) is 0 Å². The molecule has 2 heterocycles. The number of nitrogens with two attached hydrogens (primary N) is 1. The zero-order chi connectivity index (χ0) is 14.9. The van der Waals surface area contributed by atoms with Gasteiger partial charge in [-0.05, 0) is 32.6 Å². The van der Waals surface area contributed by atoms with Crippen LogP contribution in [0.2, 0.25) is 0 Å². The van der Waals surface area contributed by atoms with Crippen molar-refractivity contribution in [2.75, 3.05) is 19.6 Å². The molecule has 0 radical (unpaired) electrons. The molecule has 2 aliphatic rings. The molecule has 0 bridgehead atoms. The van der Waals surface area contributed by atoms with Gasteiger partial charge in [0, 0.05) is 19.6 Å². The quantitative estimate of drug-likeness (QED) is 0.757. The summed E-state index contributed by atoms with van der Waals surface area (Å²) in [6.07, 6.45) is 2.26. The zero-order valence-electron chi connectivity index (χ0n) is 11.7. The number of likely N-dealkylation sites (tertiary alicyclic amines) is 2. The molecule has 20 heavy (non-hydrogen) atoms. The molecule has 7 heteroatoms. The summed E-state index contributed by atoms with van der Waals surface area (Å²) in [4.78, 5) is 38.0. The molecule has 2 aliphatic heterocycles. The van der Waals surface area contributed by atoms with E-state index in [-0.39, 0.29) is 6.03 Å². The van der Waals surface area contributed by atoms with Crippen LogP contribution < -0.4 is 5.73 Å². The van der Waals surface area contributed by atoms with Crippen molar-refractivity contribution in [3.8, 4) is 0 Å². The van der Waals surface area contributed by atoms with E-state index in [9.17, 15) is 19.5 Å². The maximum Gasteiger partial charge on any atom is 0.320 e. The van der Waals surface area contributed by atoms with Crippen LogP contribution in [0.1, 0.15) is 32.6 Å². The van der Waals surface area contributed by atoms with Crippen molar-refractivity contribution in [2.45, 2.75) is 38.6 Å². The van der Waals surface area contributed by atoms with Crippen LogP contribution in [0.3, 0.4) is 0 Å². The number of hydrogen-bond donors (Lipinski definition) is 2. The number of carboxylic acids is 1. The lowest BCUT2D eigenvalue weighted by Crippen LogP contribution is -2.53. The van der Waals surface area contributed by atoms with Gasteiger partial charge in [0.1, 0.15) is 6.04 Å². The number of carbonyl (C=O) groups is 3. The van der Waals surface area contributed by atoms with E-state index in [4.69, 9.17) is 5.73 Å². The molecular weight excluding hydrogens is 262 g/mol. The summed E-state index contributed by atoms with van der Waals surface area (Å²) < 4.78 is 0. The average Bonchev–Trinajstić information content (AvgIpc) is 2.88. The van der Waals surface area contributed by atoms with Crippen LogP contribution in [0, 0.1) is 5.41 Å². The van der Waals surface area contributed by atoms with Crippen molar-refractivity contribution in [1.82, 2.24) is 9.80 Å². The van der Waals surface area contributed by atoms with Gasteiger partial charge in [0.2, 0.25) is 5.91 Å². The third-order valence-electron chi connectivity index (χ3n) is 4.48. The molecule has 112 valence electrons. The van der Waals surface area contributed by atoms with E-state index < -0.39 is 23.3 Å². The number of carboxylic acid groups (broad SMARTS) is 1. The predicted octanol–water partition coefficient (Wildman–Crippen LogP) is 0.243. The minimum atomic E-state index is -0.819. The van der Waals surface area contributed by atoms with Crippen molar-refractivity contribution in [3.05, 3.63) is 0 Å². The number of hydrogen-bond acceptors (Lipinski definition) is 3. The molecule has 1 atom stereocenters. The number of urea groups is 1. The third-order valence-corrected chi connectivity index (χ3v) is 4.48. The van der Waals surface area contributed by atoms with Crippen LogP contribution in [0.5, 0.6) is 0 Å². The first-order valence-corrected chi connectivity index (χ1v) is 6.93. The molecule has 0 aromatic heterocycles. The van der Waals surface area contributed by atoms with Gasteiger partial charge in [-0.3, -0.25) is 9.59 Å². The number of rotatable bonds is 2. The molecular formula is C13H21N3O4. The second-order valence-electron chi connectivity index (χ2n) is 5.89. The zero-order valence-corrected chi connectivity index (χ0v) is 11.7. The molecule has 2 fully saturated rings. The van der Waals surface area contributed by atoms with Crippen LogP contribution in [0.25, 0.3) is 0 Å². The Labute approximate surface area is 117 Å².